The van der Waals surface area contributed by atoms with Crippen LogP contribution in [0.3, 0.4) is 0 Å². The van der Waals surface area contributed by atoms with E-state index in [0.717, 1.165) is 49.9 Å². The highest BCUT2D eigenvalue weighted by Gasteiger charge is 2.35. The third kappa shape index (κ3) is 2.71. The number of aromatic nitrogens is 1. The van der Waals surface area contributed by atoms with E-state index in [1.54, 1.807) is 0 Å². The van der Waals surface area contributed by atoms with Gasteiger partial charge in [-0.2, -0.15) is 0 Å². The Balaban J connectivity index is 1.58. The second-order valence-corrected chi connectivity index (χ2v) is 6.31. The van der Waals surface area contributed by atoms with Gasteiger partial charge in [-0.15, -0.1) is 0 Å². The highest BCUT2D eigenvalue weighted by molar-refractivity contribution is 5.95. The molecule has 0 bridgehead atoms. The van der Waals surface area contributed by atoms with Crippen molar-refractivity contribution >= 4 is 16.8 Å². The fourth-order valence-electron chi connectivity index (χ4n) is 3.12. The number of pyridine rings is 1. The number of ether oxygens (including phenoxy) is 1. The topological polar surface area (TPSA) is 42.4 Å². The summed E-state index contributed by atoms with van der Waals surface area (Å²) in [4.78, 5) is 19.5. The van der Waals surface area contributed by atoms with E-state index in [1.165, 1.54) is 0 Å². The fraction of sp³-hybridized carbons (Fsp3) is 0.444. The molecule has 1 saturated heterocycles. The molecule has 1 aliphatic carbocycles. The van der Waals surface area contributed by atoms with Crippen LogP contribution in [0, 0.1) is 5.92 Å². The standard InChI is InChI=1S/C18H20N2O2/c21-18(17-8-5-14-3-1-2-4-16(14)19-17)20(15-6-7-15)11-13-9-10-22-12-13/h1-5,8,13,15H,6-7,9-12H2. The molecule has 1 atom stereocenters. The molecule has 1 aromatic carbocycles. The maximum Gasteiger partial charge on any atom is 0.272 e. The van der Waals surface area contributed by atoms with Crippen LogP contribution in [-0.4, -0.2) is 41.6 Å². The Bertz CT molecular complexity index is 690. The second kappa shape index (κ2) is 5.69. The van der Waals surface area contributed by atoms with Gasteiger partial charge in [0.15, 0.2) is 0 Å². The molecule has 0 spiro atoms. The second-order valence-electron chi connectivity index (χ2n) is 6.31. The lowest BCUT2D eigenvalue weighted by Gasteiger charge is -2.25. The van der Waals surface area contributed by atoms with Gasteiger partial charge in [0, 0.05) is 30.5 Å². The van der Waals surface area contributed by atoms with Gasteiger partial charge in [0.2, 0.25) is 0 Å². The molecular formula is C18H20N2O2. The van der Waals surface area contributed by atoms with Crippen LogP contribution in [0.5, 0.6) is 0 Å². The highest BCUT2D eigenvalue weighted by atomic mass is 16.5. The number of benzene rings is 1. The minimum absolute atomic E-state index is 0.0696. The molecule has 1 saturated carbocycles. The van der Waals surface area contributed by atoms with Crippen LogP contribution < -0.4 is 0 Å². The Labute approximate surface area is 130 Å². The van der Waals surface area contributed by atoms with Crippen molar-refractivity contribution < 1.29 is 9.53 Å². The lowest BCUT2D eigenvalue weighted by atomic mass is 10.1. The van der Waals surface area contributed by atoms with Crippen LogP contribution in [0.25, 0.3) is 10.9 Å². The quantitative estimate of drug-likeness (QED) is 0.871. The van der Waals surface area contributed by atoms with E-state index in [9.17, 15) is 4.79 Å². The third-order valence-corrected chi connectivity index (χ3v) is 4.54. The number of fused-ring (bicyclic) bond motifs is 1. The largest absolute Gasteiger partial charge is 0.381 e. The van der Waals surface area contributed by atoms with Crippen molar-refractivity contribution in [3.8, 4) is 0 Å². The monoisotopic (exact) mass is 296 g/mol. The number of carbonyl (C=O) groups is 1. The van der Waals surface area contributed by atoms with Gasteiger partial charge >= 0.3 is 0 Å². The first kappa shape index (κ1) is 13.7. The summed E-state index contributed by atoms with van der Waals surface area (Å²) in [6.07, 6.45) is 3.29. The Morgan fingerprint density at radius 2 is 2.05 bits per heavy atom. The molecule has 2 fully saturated rings. The third-order valence-electron chi connectivity index (χ3n) is 4.54. The summed E-state index contributed by atoms with van der Waals surface area (Å²) in [7, 11) is 0. The number of amides is 1. The van der Waals surface area contributed by atoms with Gasteiger partial charge in [-0.1, -0.05) is 24.3 Å². The zero-order valence-electron chi connectivity index (χ0n) is 12.6. The molecule has 2 heterocycles. The van der Waals surface area contributed by atoms with Crippen molar-refractivity contribution in [1.82, 2.24) is 9.88 Å². The predicted octanol–water partition coefficient (Wildman–Crippen LogP) is 2.88. The normalized spacial score (nSPS) is 21.2. The van der Waals surface area contributed by atoms with Gasteiger partial charge < -0.3 is 9.64 Å². The molecule has 0 N–H and O–H groups in total. The number of hydrogen-bond acceptors (Lipinski definition) is 3. The van der Waals surface area contributed by atoms with Gasteiger partial charge in [0.25, 0.3) is 5.91 Å². The molecule has 114 valence electrons. The number of nitrogens with zero attached hydrogens (tertiary/aromatic N) is 2. The summed E-state index contributed by atoms with van der Waals surface area (Å²) >= 11 is 0. The van der Waals surface area contributed by atoms with E-state index in [2.05, 4.69) is 4.98 Å². The Morgan fingerprint density at radius 1 is 1.18 bits per heavy atom. The van der Waals surface area contributed by atoms with Crippen molar-refractivity contribution in [2.24, 2.45) is 5.92 Å². The maximum atomic E-state index is 12.9. The first-order valence-corrected chi connectivity index (χ1v) is 8.06. The molecule has 22 heavy (non-hydrogen) atoms. The van der Waals surface area contributed by atoms with Crippen LogP contribution in [0.1, 0.15) is 29.8 Å². The van der Waals surface area contributed by atoms with Crippen molar-refractivity contribution in [2.45, 2.75) is 25.3 Å². The molecular weight excluding hydrogens is 276 g/mol. The van der Waals surface area contributed by atoms with Gasteiger partial charge in [0.05, 0.1) is 12.1 Å². The summed E-state index contributed by atoms with van der Waals surface area (Å²) in [5.41, 5.74) is 1.44. The molecule has 0 radical (unpaired) electrons. The first-order chi connectivity index (χ1) is 10.8. The molecule has 2 aliphatic rings. The molecule has 4 heteroatoms. The van der Waals surface area contributed by atoms with Crippen molar-refractivity contribution in [3.05, 3.63) is 42.1 Å². The molecule has 1 aliphatic heterocycles. The summed E-state index contributed by atoms with van der Waals surface area (Å²) in [5, 5.41) is 1.07. The summed E-state index contributed by atoms with van der Waals surface area (Å²) in [6, 6.07) is 12.2. The van der Waals surface area contributed by atoms with E-state index >= 15 is 0 Å². The molecule has 2 aromatic rings. The van der Waals surface area contributed by atoms with Crippen molar-refractivity contribution in [3.63, 3.8) is 0 Å². The van der Waals surface area contributed by atoms with Gasteiger partial charge in [-0.05, 0) is 31.4 Å². The van der Waals surface area contributed by atoms with Crippen LogP contribution in [-0.2, 0) is 4.74 Å². The molecule has 1 aromatic heterocycles. The maximum absolute atomic E-state index is 12.9. The molecule has 1 amide bonds. The average molecular weight is 296 g/mol. The predicted molar refractivity (Wildman–Crippen MR) is 84.7 cm³/mol. The molecule has 1 unspecified atom stereocenters. The lowest BCUT2D eigenvalue weighted by Crippen LogP contribution is -2.37. The Morgan fingerprint density at radius 3 is 2.82 bits per heavy atom. The van der Waals surface area contributed by atoms with E-state index in [1.807, 2.05) is 41.3 Å². The van der Waals surface area contributed by atoms with Gasteiger partial charge in [-0.3, -0.25) is 4.79 Å². The van der Waals surface area contributed by atoms with Crippen molar-refractivity contribution in [1.29, 1.82) is 0 Å². The molecule has 4 rings (SSSR count). The Hall–Kier alpha value is -1.94. The summed E-state index contributed by atoms with van der Waals surface area (Å²) in [5.74, 6) is 0.546. The van der Waals surface area contributed by atoms with Gasteiger partial charge in [-0.25, -0.2) is 4.98 Å². The zero-order chi connectivity index (χ0) is 14.9. The summed E-state index contributed by atoms with van der Waals surface area (Å²) in [6.45, 7) is 2.41. The SMILES string of the molecule is O=C(c1ccc2ccccc2n1)N(CC1CCOC1)C1CC1. The Kier molecular flexibility index (Phi) is 3.54. The smallest absolute Gasteiger partial charge is 0.272 e. The van der Waals surface area contributed by atoms with Crippen LogP contribution >= 0.6 is 0 Å². The minimum Gasteiger partial charge on any atom is -0.381 e. The van der Waals surface area contributed by atoms with Crippen LogP contribution in [0.15, 0.2) is 36.4 Å². The summed E-state index contributed by atoms with van der Waals surface area (Å²) < 4.78 is 5.45. The first-order valence-electron chi connectivity index (χ1n) is 8.06. The van der Waals surface area contributed by atoms with Crippen LogP contribution in [0.4, 0.5) is 0 Å². The lowest BCUT2D eigenvalue weighted by molar-refractivity contribution is 0.0700. The number of para-hydroxylation sites is 1. The number of rotatable bonds is 4. The molecule has 4 nitrogen and oxygen atoms in total. The zero-order valence-corrected chi connectivity index (χ0v) is 12.6. The number of carbonyl (C=O) groups excluding carboxylic acids is 1. The minimum atomic E-state index is 0.0696. The fourth-order valence-corrected chi connectivity index (χ4v) is 3.12. The van der Waals surface area contributed by atoms with Crippen molar-refractivity contribution in [2.75, 3.05) is 19.8 Å². The van der Waals surface area contributed by atoms with Gasteiger partial charge in [0.1, 0.15) is 5.69 Å². The van der Waals surface area contributed by atoms with Crippen LogP contribution in [0.2, 0.25) is 0 Å². The highest BCUT2D eigenvalue weighted by Crippen LogP contribution is 2.30. The average Bonchev–Trinajstić information content (AvgIpc) is 3.27. The van der Waals surface area contributed by atoms with E-state index in [4.69, 9.17) is 4.74 Å². The van der Waals surface area contributed by atoms with E-state index in [0.29, 0.717) is 17.7 Å². The van der Waals surface area contributed by atoms with E-state index in [-0.39, 0.29) is 5.91 Å². The number of hydrogen-bond donors (Lipinski definition) is 0. The van der Waals surface area contributed by atoms with E-state index < -0.39 is 0 Å².